The molecule has 2 heterocycles. The van der Waals surface area contributed by atoms with Gasteiger partial charge in [0.2, 0.25) is 0 Å². The maximum absolute atomic E-state index is 12.1. The third kappa shape index (κ3) is 3.61. The fourth-order valence-electron chi connectivity index (χ4n) is 2.78. The van der Waals surface area contributed by atoms with E-state index >= 15 is 0 Å². The van der Waals surface area contributed by atoms with Gasteiger partial charge in [0.25, 0.3) is 0 Å². The molecular weight excluding hydrogens is 308 g/mol. The number of para-hydroxylation sites is 1. The molecule has 1 aliphatic rings. The molecule has 1 aliphatic heterocycles. The number of rotatable bonds is 5. The van der Waals surface area contributed by atoms with E-state index in [-0.39, 0.29) is 12.1 Å². The summed E-state index contributed by atoms with van der Waals surface area (Å²) in [6.45, 7) is 3.33. The van der Waals surface area contributed by atoms with Gasteiger partial charge < -0.3 is 20.1 Å². The molecule has 1 unspecified atom stereocenters. The summed E-state index contributed by atoms with van der Waals surface area (Å²) >= 11 is 0. The molecule has 2 aromatic rings. The van der Waals surface area contributed by atoms with Crippen LogP contribution in [0.1, 0.15) is 18.9 Å². The molecule has 3 rings (SSSR count). The Morgan fingerprint density at radius 2 is 2.38 bits per heavy atom. The van der Waals surface area contributed by atoms with Gasteiger partial charge in [0.05, 0.1) is 25.0 Å². The Morgan fingerprint density at radius 1 is 1.50 bits per heavy atom. The number of carbonyl (C=O) groups is 1. The van der Waals surface area contributed by atoms with Crippen LogP contribution < -0.4 is 20.1 Å². The third-order valence-corrected chi connectivity index (χ3v) is 3.85. The molecule has 128 valence electrons. The third-order valence-electron chi connectivity index (χ3n) is 3.85. The van der Waals surface area contributed by atoms with Crippen LogP contribution in [0, 0.1) is 0 Å². The molecular formula is C17H22N4O3. The fraction of sp³-hybridized carbons (Fsp3) is 0.412. The van der Waals surface area contributed by atoms with Crippen molar-refractivity contribution in [2.45, 2.75) is 32.4 Å². The number of carbonyl (C=O) groups excluding carboxylic acids is 1. The van der Waals surface area contributed by atoms with E-state index in [9.17, 15) is 4.79 Å². The Morgan fingerprint density at radius 3 is 3.17 bits per heavy atom. The van der Waals surface area contributed by atoms with Gasteiger partial charge in [-0.05, 0) is 18.9 Å². The Bertz CT molecular complexity index is 714. The number of nitrogens with zero attached hydrogens (tertiary/aromatic N) is 2. The second-order valence-electron chi connectivity index (χ2n) is 5.75. The van der Waals surface area contributed by atoms with Gasteiger partial charge in [-0.15, -0.1) is 0 Å². The minimum atomic E-state index is -0.258. The zero-order valence-electron chi connectivity index (χ0n) is 13.9. The molecule has 1 aromatic carbocycles. The number of ether oxygens (including phenoxy) is 2. The number of urea groups is 1. The SMILES string of the molecule is CCCn1cc(NC(=O)NC2COc3c(cccc3OC)C2)cn1. The first-order valence-electron chi connectivity index (χ1n) is 8.08. The van der Waals surface area contributed by atoms with Crippen LogP contribution >= 0.6 is 0 Å². The van der Waals surface area contributed by atoms with Crippen LogP contribution in [0.3, 0.4) is 0 Å². The van der Waals surface area contributed by atoms with Crippen LogP contribution in [0.2, 0.25) is 0 Å². The van der Waals surface area contributed by atoms with E-state index in [0.29, 0.717) is 18.7 Å². The number of hydrogen-bond donors (Lipinski definition) is 2. The van der Waals surface area contributed by atoms with Crippen molar-refractivity contribution in [3.05, 3.63) is 36.2 Å². The molecule has 0 radical (unpaired) electrons. The molecule has 1 atom stereocenters. The minimum Gasteiger partial charge on any atom is -0.493 e. The van der Waals surface area contributed by atoms with Crippen molar-refractivity contribution in [3.63, 3.8) is 0 Å². The van der Waals surface area contributed by atoms with Crippen molar-refractivity contribution >= 4 is 11.7 Å². The lowest BCUT2D eigenvalue weighted by molar-refractivity contribution is 0.217. The summed E-state index contributed by atoms with van der Waals surface area (Å²) in [6, 6.07) is 5.43. The molecule has 7 nitrogen and oxygen atoms in total. The van der Waals surface area contributed by atoms with Gasteiger partial charge in [-0.1, -0.05) is 19.1 Å². The lowest BCUT2D eigenvalue weighted by Gasteiger charge is -2.27. The molecule has 0 fully saturated rings. The second-order valence-corrected chi connectivity index (χ2v) is 5.75. The first kappa shape index (κ1) is 16.2. The smallest absolute Gasteiger partial charge is 0.319 e. The van der Waals surface area contributed by atoms with E-state index in [4.69, 9.17) is 9.47 Å². The van der Waals surface area contributed by atoms with Gasteiger partial charge >= 0.3 is 6.03 Å². The first-order valence-corrected chi connectivity index (χ1v) is 8.08. The largest absolute Gasteiger partial charge is 0.493 e. The maximum Gasteiger partial charge on any atom is 0.319 e. The van der Waals surface area contributed by atoms with Crippen LogP contribution in [0.25, 0.3) is 0 Å². The quantitative estimate of drug-likeness (QED) is 0.883. The minimum absolute atomic E-state index is 0.0877. The number of nitrogens with one attached hydrogen (secondary N) is 2. The number of anilines is 1. The zero-order valence-corrected chi connectivity index (χ0v) is 13.9. The van der Waals surface area contributed by atoms with Crippen LogP contribution in [-0.4, -0.2) is 35.6 Å². The van der Waals surface area contributed by atoms with Gasteiger partial charge in [0, 0.05) is 18.3 Å². The maximum atomic E-state index is 12.1. The lowest BCUT2D eigenvalue weighted by atomic mass is 10.0. The van der Waals surface area contributed by atoms with Crippen molar-refractivity contribution in [1.29, 1.82) is 0 Å². The van der Waals surface area contributed by atoms with Gasteiger partial charge in [-0.25, -0.2) is 4.79 Å². The van der Waals surface area contributed by atoms with Gasteiger partial charge in [0.15, 0.2) is 11.5 Å². The van der Waals surface area contributed by atoms with Crippen LogP contribution in [0.15, 0.2) is 30.6 Å². The number of fused-ring (bicyclic) bond motifs is 1. The average Bonchev–Trinajstić information content (AvgIpc) is 3.01. The Hall–Kier alpha value is -2.70. The van der Waals surface area contributed by atoms with Crippen LogP contribution in [-0.2, 0) is 13.0 Å². The van der Waals surface area contributed by atoms with E-state index in [1.807, 2.05) is 29.1 Å². The Balaban J connectivity index is 1.57. The Labute approximate surface area is 140 Å². The van der Waals surface area contributed by atoms with Crippen molar-refractivity contribution in [2.75, 3.05) is 19.0 Å². The highest BCUT2D eigenvalue weighted by Crippen LogP contribution is 2.34. The summed E-state index contributed by atoms with van der Waals surface area (Å²) in [4.78, 5) is 12.1. The Kier molecular flexibility index (Phi) is 4.88. The standard InChI is InChI=1S/C17H22N4O3/c1-3-7-21-10-14(9-18-21)20-17(22)19-13-8-12-5-4-6-15(23-2)16(12)24-11-13/h4-6,9-10,13H,3,7-8,11H2,1-2H3,(H2,19,20,22). The number of methoxy groups -OCH3 is 1. The molecule has 1 aromatic heterocycles. The number of aromatic nitrogens is 2. The van der Waals surface area contributed by atoms with E-state index in [1.165, 1.54) is 0 Å². The zero-order chi connectivity index (χ0) is 16.9. The predicted molar refractivity (Wildman–Crippen MR) is 90.7 cm³/mol. The van der Waals surface area contributed by atoms with E-state index in [0.717, 1.165) is 30.0 Å². The molecule has 0 bridgehead atoms. The molecule has 0 spiro atoms. The summed E-state index contributed by atoms with van der Waals surface area (Å²) in [6.07, 6.45) is 5.16. The van der Waals surface area contributed by atoms with Crippen molar-refractivity contribution in [3.8, 4) is 11.5 Å². The van der Waals surface area contributed by atoms with Crippen LogP contribution in [0.4, 0.5) is 10.5 Å². The normalized spacial score (nSPS) is 16.0. The molecule has 2 amide bonds. The highest BCUT2D eigenvalue weighted by atomic mass is 16.5. The van der Waals surface area contributed by atoms with Gasteiger partial charge in [-0.2, -0.15) is 5.10 Å². The monoisotopic (exact) mass is 330 g/mol. The number of aryl methyl sites for hydroxylation is 1. The molecule has 0 saturated heterocycles. The molecule has 7 heteroatoms. The lowest BCUT2D eigenvalue weighted by Crippen LogP contribution is -2.44. The number of amides is 2. The van der Waals surface area contributed by atoms with Crippen molar-refractivity contribution in [2.24, 2.45) is 0 Å². The highest BCUT2D eigenvalue weighted by molar-refractivity contribution is 5.89. The first-order chi connectivity index (χ1) is 11.7. The summed E-state index contributed by atoms with van der Waals surface area (Å²) in [5.41, 5.74) is 1.71. The topological polar surface area (TPSA) is 77.4 Å². The van der Waals surface area contributed by atoms with E-state index < -0.39 is 0 Å². The summed E-state index contributed by atoms with van der Waals surface area (Å²) in [5.74, 6) is 1.48. The number of benzene rings is 1. The fourth-order valence-corrected chi connectivity index (χ4v) is 2.78. The van der Waals surface area contributed by atoms with Gasteiger partial charge in [-0.3, -0.25) is 4.68 Å². The summed E-state index contributed by atoms with van der Waals surface area (Å²) in [7, 11) is 1.62. The highest BCUT2D eigenvalue weighted by Gasteiger charge is 2.23. The number of hydrogen-bond acceptors (Lipinski definition) is 4. The van der Waals surface area contributed by atoms with E-state index in [1.54, 1.807) is 13.3 Å². The van der Waals surface area contributed by atoms with E-state index in [2.05, 4.69) is 22.7 Å². The predicted octanol–water partition coefficient (Wildman–Crippen LogP) is 2.43. The molecule has 24 heavy (non-hydrogen) atoms. The summed E-state index contributed by atoms with van der Waals surface area (Å²) in [5, 5.41) is 9.93. The van der Waals surface area contributed by atoms with Gasteiger partial charge in [0.1, 0.15) is 6.61 Å². The molecule has 0 saturated carbocycles. The van der Waals surface area contributed by atoms with Crippen LogP contribution in [0.5, 0.6) is 11.5 Å². The molecule has 2 N–H and O–H groups in total. The van der Waals surface area contributed by atoms with Crippen molar-refractivity contribution in [1.82, 2.24) is 15.1 Å². The molecule has 0 aliphatic carbocycles. The summed E-state index contributed by atoms with van der Waals surface area (Å²) < 4.78 is 12.9. The average molecular weight is 330 g/mol. The van der Waals surface area contributed by atoms with Crippen molar-refractivity contribution < 1.29 is 14.3 Å². The second kappa shape index (κ2) is 7.25.